The van der Waals surface area contributed by atoms with Crippen LogP contribution in [-0.2, 0) is 4.79 Å². The SMILES string of the molecule is Cc1cccc(C(=O)Nc2ccc(OC(=O)C(C)(C)C)cc2)c1. The molecule has 0 fully saturated rings. The molecule has 2 aromatic rings. The monoisotopic (exact) mass is 311 g/mol. The summed E-state index contributed by atoms with van der Waals surface area (Å²) in [6.45, 7) is 7.33. The highest BCUT2D eigenvalue weighted by Crippen LogP contribution is 2.21. The number of anilines is 1. The predicted octanol–water partition coefficient (Wildman–Crippen LogP) is 4.20. The summed E-state index contributed by atoms with van der Waals surface area (Å²) in [5, 5.41) is 2.82. The van der Waals surface area contributed by atoms with E-state index in [0.29, 0.717) is 17.0 Å². The Labute approximate surface area is 136 Å². The van der Waals surface area contributed by atoms with Crippen LogP contribution in [0.1, 0.15) is 36.7 Å². The molecule has 0 aliphatic carbocycles. The number of aryl methyl sites for hydroxylation is 1. The Kier molecular flexibility index (Phi) is 4.84. The summed E-state index contributed by atoms with van der Waals surface area (Å²) in [4.78, 5) is 24.0. The molecule has 0 radical (unpaired) electrons. The molecule has 0 bridgehead atoms. The van der Waals surface area contributed by atoms with E-state index in [1.54, 1.807) is 51.1 Å². The van der Waals surface area contributed by atoms with Gasteiger partial charge in [0.1, 0.15) is 5.75 Å². The van der Waals surface area contributed by atoms with Gasteiger partial charge in [0.05, 0.1) is 5.41 Å². The zero-order valence-electron chi connectivity index (χ0n) is 13.8. The minimum Gasteiger partial charge on any atom is -0.426 e. The van der Waals surface area contributed by atoms with E-state index in [-0.39, 0.29) is 11.9 Å². The van der Waals surface area contributed by atoms with Gasteiger partial charge in [0.15, 0.2) is 0 Å². The molecule has 0 aliphatic heterocycles. The molecule has 120 valence electrons. The van der Waals surface area contributed by atoms with Gasteiger partial charge in [0.25, 0.3) is 5.91 Å². The molecule has 0 spiro atoms. The first-order valence-electron chi connectivity index (χ1n) is 7.46. The van der Waals surface area contributed by atoms with Crippen LogP contribution < -0.4 is 10.1 Å². The highest BCUT2D eigenvalue weighted by atomic mass is 16.5. The van der Waals surface area contributed by atoms with Crippen molar-refractivity contribution in [2.75, 3.05) is 5.32 Å². The van der Waals surface area contributed by atoms with Crippen molar-refractivity contribution in [2.45, 2.75) is 27.7 Å². The number of benzene rings is 2. The van der Waals surface area contributed by atoms with E-state index < -0.39 is 5.41 Å². The fourth-order valence-corrected chi connectivity index (χ4v) is 1.86. The van der Waals surface area contributed by atoms with Gasteiger partial charge in [0.2, 0.25) is 0 Å². The van der Waals surface area contributed by atoms with E-state index in [0.717, 1.165) is 5.56 Å². The smallest absolute Gasteiger partial charge is 0.316 e. The molecular formula is C19H21NO3. The Balaban J connectivity index is 2.03. The van der Waals surface area contributed by atoms with Crippen LogP contribution >= 0.6 is 0 Å². The summed E-state index contributed by atoms with van der Waals surface area (Å²) in [6, 6.07) is 14.1. The second kappa shape index (κ2) is 6.65. The molecule has 4 nitrogen and oxygen atoms in total. The summed E-state index contributed by atoms with van der Waals surface area (Å²) < 4.78 is 5.29. The lowest BCUT2D eigenvalue weighted by molar-refractivity contribution is -0.142. The number of hydrogen-bond donors (Lipinski definition) is 1. The lowest BCUT2D eigenvalue weighted by Crippen LogP contribution is -2.25. The minimum absolute atomic E-state index is 0.173. The molecule has 0 atom stereocenters. The lowest BCUT2D eigenvalue weighted by atomic mass is 9.97. The Morgan fingerprint density at radius 1 is 1.00 bits per heavy atom. The van der Waals surface area contributed by atoms with Gasteiger partial charge < -0.3 is 10.1 Å². The summed E-state index contributed by atoms with van der Waals surface area (Å²) in [5.74, 6) is -0.0133. The zero-order chi connectivity index (χ0) is 17.0. The number of amides is 1. The molecule has 0 saturated carbocycles. The third-order valence-corrected chi connectivity index (χ3v) is 3.22. The first kappa shape index (κ1) is 16.7. The number of carbonyl (C=O) groups is 2. The van der Waals surface area contributed by atoms with Crippen LogP contribution in [0.3, 0.4) is 0 Å². The molecule has 2 aromatic carbocycles. The molecule has 0 heterocycles. The molecule has 0 aliphatic rings. The molecule has 1 N–H and O–H groups in total. The number of hydrogen-bond acceptors (Lipinski definition) is 3. The van der Waals surface area contributed by atoms with Gasteiger partial charge in [-0.05, 0) is 64.1 Å². The van der Waals surface area contributed by atoms with E-state index >= 15 is 0 Å². The Hall–Kier alpha value is -2.62. The molecule has 0 unspecified atom stereocenters. The van der Waals surface area contributed by atoms with Crippen LogP contribution in [0.2, 0.25) is 0 Å². The van der Waals surface area contributed by atoms with Crippen molar-refractivity contribution >= 4 is 17.6 Å². The second-order valence-electron chi connectivity index (χ2n) is 6.49. The lowest BCUT2D eigenvalue weighted by Gasteiger charge is -2.16. The van der Waals surface area contributed by atoms with Gasteiger partial charge in [-0.2, -0.15) is 0 Å². The second-order valence-corrected chi connectivity index (χ2v) is 6.49. The normalized spacial score (nSPS) is 11.0. The summed E-state index contributed by atoms with van der Waals surface area (Å²) in [7, 11) is 0. The van der Waals surface area contributed by atoms with Gasteiger partial charge in [-0.15, -0.1) is 0 Å². The highest BCUT2D eigenvalue weighted by Gasteiger charge is 2.23. The Bertz CT molecular complexity index is 712. The molecule has 23 heavy (non-hydrogen) atoms. The van der Waals surface area contributed by atoms with Crippen molar-refractivity contribution in [3.63, 3.8) is 0 Å². The molecule has 1 amide bonds. The maximum atomic E-state index is 12.2. The number of esters is 1. The molecule has 4 heteroatoms. The number of ether oxygens (including phenoxy) is 1. The van der Waals surface area contributed by atoms with Crippen molar-refractivity contribution < 1.29 is 14.3 Å². The summed E-state index contributed by atoms with van der Waals surface area (Å²) >= 11 is 0. The average Bonchev–Trinajstić information content (AvgIpc) is 2.48. The minimum atomic E-state index is -0.557. The maximum Gasteiger partial charge on any atom is 0.316 e. The molecular weight excluding hydrogens is 290 g/mol. The van der Waals surface area contributed by atoms with Gasteiger partial charge >= 0.3 is 5.97 Å². The summed E-state index contributed by atoms with van der Waals surface area (Å²) in [5.41, 5.74) is 1.72. The molecule has 0 saturated heterocycles. The molecule has 2 rings (SSSR count). The predicted molar refractivity (Wildman–Crippen MR) is 90.7 cm³/mol. The van der Waals surface area contributed by atoms with Crippen LogP contribution in [0, 0.1) is 12.3 Å². The van der Waals surface area contributed by atoms with Crippen LogP contribution in [0.4, 0.5) is 5.69 Å². The molecule has 0 aromatic heterocycles. The summed E-state index contributed by atoms with van der Waals surface area (Å²) in [6.07, 6.45) is 0. The van der Waals surface area contributed by atoms with E-state index in [2.05, 4.69) is 5.32 Å². The number of nitrogens with one attached hydrogen (secondary N) is 1. The first-order chi connectivity index (χ1) is 10.8. The van der Waals surface area contributed by atoms with Gasteiger partial charge in [-0.1, -0.05) is 17.7 Å². The topological polar surface area (TPSA) is 55.4 Å². The third-order valence-electron chi connectivity index (χ3n) is 3.22. The van der Waals surface area contributed by atoms with Crippen molar-refractivity contribution in [1.29, 1.82) is 0 Å². The fourth-order valence-electron chi connectivity index (χ4n) is 1.86. The first-order valence-corrected chi connectivity index (χ1v) is 7.46. The van der Waals surface area contributed by atoms with E-state index in [4.69, 9.17) is 4.74 Å². The van der Waals surface area contributed by atoms with Crippen molar-refractivity contribution in [2.24, 2.45) is 5.41 Å². The van der Waals surface area contributed by atoms with Gasteiger partial charge in [-0.25, -0.2) is 0 Å². The number of rotatable bonds is 3. The Morgan fingerprint density at radius 2 is 1.65 bits per heavy atom. The van der Waals surface area contributed by atoms with Crippen molar-refractivity contribution in [3.8, 4) is 5.75 Å². The van der Waals surface area contributed by atoms with Crippen LogP contribution in [0.15, 0.2) is 48.5 Å². The highest BCUT2D eigenvalue weighted by molar-refractivity contribution is 6.04. The Morgan fingerprint density at radius 3 is 2.22 bits per heavy atom. The van der Waals surface area contributed by atoms with Crippen LogP contribution in [0.5, 0.6) is 5.75 Å². The van der Waals surface area contributed by atoms with Gasteiger partial charge in [0, 0.05) is 11.3 Å². The standard InChI is InChI=1S/C19H21NO3/c1-13-6-5-7-14(12-13)17(21)20-15-8-10-16(11-9-15)23-18(22)19(2,3)4/h5-12H,1-4H3,(H,20,21). The van der Waals surface area contributed by atoms with Crippen LogP contribution in [0.25, 0.3) is 0 Å². The average molecular weight is 311 g/mol. The van der Waals surface area contributed by atoms with Gasteiger partial charge in [-0.3, -0.25) is 9.59 Å². The quantitative estimate of drug-likeness (QED) is 0.683. The third kappa shape index (κ3) is 4.68. The van der Waals surface area contributed by atoms with E-state index in [1.165, 1.54) is 0 Å². The zero-order valence-corrected chi connectivity index (χ0v) is 13.8. The van der Waals surface area contributed by atoms with Crippen molar-refractivity contribution in [1.82, 2.24) is 0 Å². The van der Waals surface area contributed by atoms with E-state index in [1.807, 2.05) is 25.1 Å². The fraction of sp³-hybridized carbons (Fsp3) is 0.263. The maximum absolute atomic E-state index is 12.2. The van der Waals surface area contributed by atoms with Crippen molar-refractivity contribution in [3.05, 3.63) is 59.7 Å². The number of carbonyl (C=O) groups excluding carboxylic acids is 2. The largest absolute Gasteiger partial charge is 0.426 e. The van der Waals surface area contributed by atoms with E-state index in [9.17, 15) is 9.59 Å². The van der Waals surface area contributed by atoms with Crippen LogP contribution in [-0.4, -0.2) is 11.9 Å².